The van der Waals surface area contributed by atoms with Crippen LogP contribution in [0.1, 0.15) is 52.0 Å². The molecule has 0 aliphatic carbocycles. The second-order valence-electron chi connectivity index (χ2n) is 7.27. The third-order valence-electron chi connectivity index (χ3n) is 5.10. The van der Waals surface area contributed by atoms with Crippen LogP contribution in [0.15, 0.2) is 48.5 Å². The molecule has 3 rings (SSSR count). The smallest absolute Gasteiger partial charge is 0.255 e. The van der Waals surface area contributed by atoms with Crippen LogP contribution in [-0.4, -0.2) is 42.3 Å². The molecule has 0 aromatic heterocycles. The predicted octanol–water partition coefficient (Wildman–Crippen LogP) is 3.38. The molecular weight excluding hydrogens is 366 g/mol. The summed E-state index contributed by atoms with van der Waals surface area (Å²) in [6.07, 6.45) is 3.31. The van der Waals surface area contributed by atoms with Crippen molar-refractivity contribution in [3.05, 3.63) is 65.2 Å². The van der Waals surface area contributed by atoms with E-state index in [1.54, 1.807) is 30.3 Å². The quantitative estimate of drug-likeness (QED) is 0.790. The van der Waals surface area contributed by atoms with Gasteiger partial charge in [0, 0.05) is 31.6 Å². The van der Waals surface area contributed by atoms with Gasteiger partial charge in [-0.15, -0.1) is 0 Å². The Bertz CT molecular complexity index is 888. The van der Waals surface area contributed by atoms with Crippen molar-refractivity contribution >= 4 is 23.4 Å². The largest absolute Gasteiger partial charge is 0.352 e. The number of nitrogens with one attached hydrogen (secondary N) is 2. The Hall–Kier alpha value is -3.15. The molecule has 1 heterocycles. The average molecular weight is 393 g/mol. The summed E-state index contributed by atoms with van der Waals surface area (Å²) in [6, 6.07) is 14.4. The molecular formula is C23H27N3O3. The zero-order valence-corrected chi connectivity index (χ0v) is 16.7. The molecule has 2 aromatic rings. The van der Waals surface area contributed by atoms with E-state index in [2.05, 4.69) is 10.6 Å². The highest BCUT2D eigenvalue weighted by Crippen LogP contribution is 2.20. The predicted molar refractivity (Wildman–Crippen MR) is 113 cm³/mol. The molecule has 0 bridgehead atoms. The number of nitrogens with zero attached hydrogens (tertiary/aromatic N) is 1. The van der Waals surface area contributed by atoms with Crippen molar-refractivity contribution in [3.8, 4) is 0 Å². The Morgan fingerprint density at radius 2 is 1.55 bits per heavy atom. The first-order chi connectivity index (χ1) is 14.1. The van der Waals surface area contributed by atoms with Gasteiger partial charge in [0.05, 0.1) is 11.3 Å². The second-order valence-corrected chi connectivity index (χ2v) is 7.27. The number of aryl methyl sites for hydroxylation is 1. The van der Waals surface area contributed by atoms with Crippen LogP contribution in [0.25, 0.3) is 0 Å². The molecule has 6 nitrogen and oxygen atoms in total. The average Bonchev–Trinajstić information content (AvgIpc) is 2.74. The number of benzene rings is 2. The summed E-state index contributed by atoms with van der Waals surface area (Å²) in [7, 11) is 0. The maximum Gasteiger partial charge on any atom is 0.255 e. The summed E-state index contributed by atoms with van der Waals surface area (Å²) in [6.45, 7) is 3.61. The number of carbonyl (C=O) groups is 3. The summed E-state index contributed by atoms with van der Waals surface area (Å²) >= 11 is 0. The molecule has 3 amide bonds. The SMILES string of the molecule is Cc1ccccc1C(=O)NCCC(=O)Nc1ccccc1C(=O)N1CCCCC1. The minimum Gasteiger partial charge on any atom is -0.352 e. The third kappa shape index (κ3) is 5.44. The molecule has 0 atom stereocenters. The fourth-order valence-corrected chi connectivity index (χ4v) is 3.47. The molecule has 1 aliphatic rings. The standard InChI is InChI=1S/C23H27N3O3/c1-17-9-3-4-10-18(17)22(28)24-14-13-21(27)25-20-12-6-5-11-19(20)23(29)26-15-7-2-8-16-26/h3-6,9-12H,2,7-8,13-16H2,1H3,(H,24,28)(H,25,27). The molecule has 2 aromatic carbocycles. The van der Waals surface area contributed by atoms with E-state index < -0.39 is 0 Å². The fraction of sp³-hybridized carbons (Fsp3) is 0.348. The van der Waals surface area contributed by atoms with Gasteiger partial charge in [-0.3, -0.25) is 14.4 Å². The molecule has 152 valence electrons. The van der Waals surface area contributed by atoms with E-state index in [-0.39, 0.29) is 30.7 Å². The Morgan fingerprint density at radius 1 is 0.897 bits per heavy atom. The monoisotopic (exact) mass is 393 g/mol. The van der Waals surface area contributed by atoms with Gasteiger partial charge in [-0.25, -0.2) is 0 Å². The minimum absolute atomic E-state index is 0.0477. The molecule has 0 spiro atoms. The molecule has 1 aliphatic heterocycles. The van der Waals surface area contributed by atoms with Crippen LogP contribution in [-0.2, 0) is 4.79 Å². The highest BCUT2D eigenvalue weighted by atomic mass is 16.2. The van der Waals surface area contributed by atoms with Crippen LogP contribution in [0, 0.1) is 6.92 Å². The van der Waals surface area contributed by atoms with Gasteiger partial charge >= 0.3 is 0 Å². The number of piperidine rings is 1. The Balaban J connectivity index is 1.55. The lowest BCUT2D eigenvalue weighted by molar-refractivity contribution is -0.116. The topological polar surface area (TPSA) is 78.5 Å². The van der Waals surface area contributed by atoms with Gasteiger partial charge in [-0.1, -0.05) is 30.3 Å². The normalized spacial score (nSPS) is 13.6. The first-order valence-corrected chi connectivity index (χ1v) is 10.1. The van der Waals surface area contributed by atoms with Crippen LogP contribution in [0.3, 0.4) is 0 Å². The molecule has 29 heavy (non-hydrogen) atoms. The number of hydrogen-bond donors (Lipinski definition) is 2. The van der Waals surface area contributed by atoms with Gasteiger partial charge in [0.1, 0.15) is 0 Å². The van der Waals surface area contributed by atoms with Crippen molar-refractivity contribution < 1.29 is 14.4 Å². The van der Waals surface area contributed by atoms with E-state index in [1.807, 2.05) is 30.0 Å². The van der Waals surface area contributed by atoms with Gasteiger partial charge in [0.2, 0.25) is 5.91 Å². The van der Waals surface area contributed by atoms with Crippen LogP contribution in [0.4, 0.5) is 5.69 Å². The van der Waals surface area contributed by atoms with E-state index in [1.165, 1.54) is 0 Å². The molecule has 0 unspecified atom stereocenters. The van der Waals surface area contributed by atoms with Crippen LogP contribution in [0.2, 0.25) is 0 Å². The van der Waals surface area contributed by atoms with E-state index in [0.717, 1.165) is 37.9 Å². The first-order valence-electron chi connectivity index (χ1n) is 10.1. The van der Waals surface area contributed by atoms with E-state index in [9.17, 15) is 14.4 Å². The summed E-state index contributed by atoms with van der Waals surface area (Å²) in [5.74, 6) is -0.487. The highest BCUT2D eigenvalue weighted by Gasteiger charge is 2.21. The number of para-hydroxylation sites is 1. The summed E-state index contributed by atoms with van der Waals surface area (Å²) in [4.78, 5) is 39.2. The van der Waals surface area contributed by atoms with Gasteiger partial charge < -0.3 is 15.5 Å². The number of rotatable bonds is 6. The van der Waals surface area contributed by atoms with Gasteiger partial charge in [-0.05, 0) is 49.9 Å². The van der Waals surface area contributed by atoms with Crippen molar-refractivity contribution in [2.45, 2.75) is 32.6 Å². The number of anilines is 1. The van der Waals surface area contributed by atoms with Crippen LogP contribution in [0.5, 0.6) is 0 Å². The second kappa shape index (κ2) is 9.87. The van der Waals surface area contributed by atoms with E-state index in [0.29, 0.717) is 16.8 Å². The lowest BCUT2D eigenvalue weighted by atomic mass is 10.1. The summed E-state index contributed by atoms with van der Waals surface area (Å²) < 4.78 is 0. The lowest BCUT2D eigenvalue weighted by Crippen LogP contribution is -2.36. The summed E-state index contributed by atoms with van der Waals surface area (Å²) in [5, 5.41) is 5.59. The minimum atomic E-state index is -0.242. The number of amides is 3. The lowest BCUT2D eigenvalue weighted by Gasteiger charge is -2.27. The number of likely N-dealkylation sites (tertiary alicyclic amines) is 1. The van der Waals surface area contributed by atoms with E-state index >= 15 is 0 Å². The van der Waals surface area contributed by atoms with Crippen molar-refractivity contribution in [2.24, 2.45) is 0 Å². The van der Waals surface area contributed by atoms with Crippen molar-refractivity contribution in [3.63, 3.8) is 0 Å². The molecule has 1 saturated heterocycles. The number of carbonyl (C=O) groups excluding carboxylic acids is 3. The van der Waals surface area contributed by atoms with Crippen LogP contribution < -0.4 is 10.6 Å². The van der Waals surface area contributed by atoms with Crippen LogP contribution >= 0.6 is 0 Å². The highest BCUT2D eigenvalue weighted by molar-refractivity contribution is 6.04. The zero-order chi connectivity index (χ0) is 20.6. The van der Waals surface area contributed by atoms with Crippen molar-refractivity contribution in [1.29, 1.82) is 0 Å². The molecule has 6 heteroatoms. The molecule has 0 saturated carbocycles. The molecule has 2 N–H and O–H groups in total. The third-order valence-corrected chi connectivity index (χ3v) is 5.10. The zero-order valence-electron chi connectivity index (χ0n) is 16.7. The Morgan fingerprint density at radius 3 is 2.28 bits per heavy atom. The maximum absolute atomic E-state index is 12.8. The van der Waals surface area contributed by atoms with Gasteiger partial charge in [0.15, 0.2) is 0 Å². The fourth-order valence-electron chi connectivity index (χ4n) is 3.47. The van der Waals surface area contributed by atoms with E-state index in [4.69, 9.17) is 0 Å². The Kier molecular flexibility index (Phi) is 7.00. The van der Waals surface area contributed by atoms with Gasteiger partial charge in [0.25, 0.3) is 11.8 Å². The van der Waals surface area contributed by atoms with Crippen molar-refractivity contribution in [1.82, 2.24) is 10.2 Å². The van der Waals surface area contributed by atoms with Gasteiger partial charge in [-0.2, -0.15) is 0 Å². The van der Waals surface area contributed by atoms with Crippen molar-refractivity contribution in [2.75, 3.05) is 25.0 Å². The molecule has 0 radical (unpaired) electrons. The number of hydrogen-bond acceptors (Lipinski definition) is 3. The maximum atomic E-state index is 12.8. The summed E-state index contributed by atoms with van der Waals surface area (Å²) in [5.41, 5.74) is 2.51. The first kappa shape index (κ1) is 20.6. The Labute approximate surface area is 171 Å². The molecule has 1 fully saturated rings.